The van der Waals surface area contributed by atoms with E-state index in [1.54, 1.807) is 0 Å². The molecule has 0 radical (unpaired) electrons. The third-order valence-corrected chi connectivity index (χ3v) is 3.39. The number of fused-ring (bicyclic) bond motifs is 1. The first kappa shape index (κ1) is 7.60. The molecule has 0 spiro atoms. The van der Waals surface area contributed by atoms with Gasteiger partial charge in [-0.2, -0.15) is 0 Å². The van der Waals surface area contributed by atoms with Crippen LogP contribution >= 0.6 is 0 Å². The van der Waals surface area contributed by atoms with E-state index in [4.69, 9.17) is 0 Å². The molecule has 0 aliphatic carbocycles. The van der Waals surface area contributed by atoms with Crippen LogP contribution in [0.5, 0.6) is 0 Å². The van der Waals surface area contributed by atoms with Gasteiger partial charge < -0.3 is 0 Å². The average molecular weight is 153 g/mol. The summed E-state index contributed by atoms with van der Waals surface area (Å²) in [5, 5.41) is 0. The molecule has 0 amide bonds. The first-order valence-corrected chi connectivity index (χ1v) is 5.01. The van der Waals surface area contributed by atoms with E-state index in [0.29, 0.717) is 0 Å². The van der Waals surface area contributed by atoms with Gasteiger partial charge in [-0.1, -0.05) is 13.8 Å². The van der Waals surface area contributed by atoms with Crippen molar-refractivity contribution in [1.82, 2.24) is 4.90 Å². The van der Waals surface area contributed by atoms with E-state index in [0.717, 1.165) is 17.9 Å². The zero-order valence-electron chi connectivity index (χ0n) is 7.71. The topological polar surface area (TPSA) is 3.24 Å². The van der Waals surface area contributed by atoms with E-state index in [1.807, 2.05) is 0 Å². The highest BCUT2D eigenvalue weighted by Crippen LogP contribution is 2.33. The quantitative estimate of drug-likeness (QED) is 0.515. The second-order valence-electron chi connectivity index (χ2n) is 4.52. The number of piperidine rings is 1. The monoisotopic (exact) mass is 153 g/mol. The van der Waals surface area contributed by atoms with Crippen LogP contribution in [0.2, 0.25) is 0 Å². The molecule has 2 fully saturated rings. The Hall–Kier alpha value is -0.0400. The van der Waals surface area contributed by atoms with Crippen LogP contribution in [0.4, 0.5) is 0 Å². The Morgan fingerprint density at radius 3 is 2.91 bits per heavy atom. The molecule has 3 atom stereocenters. The number of rotatable bonds is 0. The maximum Gasteiger partial charge on any atom is 0.0122 e. The van der Waals surface area contributed by atoms with Gasteiger partial charge in [0, 0.05) is 12.6 Å². The molecule has 2 rings (SSSR count). The predicted molar refractivity (Wildman–Crippen MR) is 47.5 cm³/mol. The molecule has 64 valence electrons. The van der Waals surface area contributed by atoms with Gasteiger partial charge in [0.05, 0.1) is 0 Å². The summed E-state index contributed by atoms with van der Waals surface area (Å²) < 4.78 is 0. The Balaban J connectivity index is 2.04. The van der Waals surface area contributed by atoms with Crippen LogP contribution in [0.25, 0.3) is 0 Å². The van der Waals surface area contributed by atoms with Crippen molar-refractivity contribution >= 4 is 0 Å². The normalized spacial score (nSPS) is 45.8. The van der Waals surface area contributed by atoms with E-state index >= 15 is 0 Å². The zero-order chi connectivity index (χ0) is 7.84. The standard InChI is InChI=1S/C10H19N/c1-8-6-9(2)10-4-3-5-11(10)7-8/h8-10H,3-7H2,1-2H3. The molecule has 0 N–H and O–H groups in total. The van der Waals surface area contributed by atoms with Crippen molar-refractivity contribution < 1.29 is 0 Å². The Labute approximate surface area is 69.8 Å². The molecule has 0 aromatic heterocycles. The summed E-state index contributed by atoms with van der Waals surface area (Å²) in [5.41, 5.74) is 0. The molecule has 2 aliphatic rings. The highest BCUT2D eigenvalue weighted by molar-refractivity contribution is 4.88. The summed E-state index contributed by atoms with van der Waals surface area (Å²) in [6.45, 7) is 7.57. The van der Waals surface area contributed by atoms with Crippen molar-refractivity contribution in [2.24, 2.45) is 11.8 Å². The summed E-state index contributed by atoms with van der Waals surface area (Å²) in [7, 11) is 0. The van der Waals surface area contributed by atoms with Crippen molar-refractivity contribution in [2.75, 3.05) is 13.1 Å². The van der Waals surface area contributed by atoms with Crippen LogP contribution in [-0.4, -0.2) is 24.0 Å². The minimum atomic E-state index is 0.944. The fourth-order valence-corrected chi connectivity index (χ4v) is 2.99. The SMILES string of the molecule is CC1CC(C)C2CCCN2C1. The lowest BCUT2D eigenvalue weighted by Gasteiger charge is -2.38. The Bertz CT molecular complexity index is 144. The third-order valence-electron chi connectivity index (χ3n) is 3.39. The lowest BCUT2D eigenvalue weighted by atomic mass is 9.85. The largest absolute Gasteiger partial charge is 0.300 e. The van der Waals surface area contributed by atoms with Crippen molar-refractivity contribution in [1.29, 1.82) is 0 Å². The first-order valence-electron chi connectivity index (χ1n) is 5.01. The molecule has 1 heteroatoms. The number of hydrogen-bond donors (Lipinski definition) is 0. The van der Waals surface area contributed by atoms with E-state index < -0.39 is 0 Å². The van der Waals surface area contributed by atoms with Gasteiger partial charge in [-0.15, -0.1) is 0 Å². The lowest BCUT2D eigenvalue weighted by Crippen LogP contribution is -2.43. The number of nitrogens with zero attached hydrogens (tertiary/aromatic N) is 1. The third kappa shape index (κ3) is 1.31. The maximum absolute atomic E-state index is 2.71. The van der Waals surface area contributed by atoms with E-state index in [1.165, 1.54) is 32.4 Å². The van der Waals surface area contributed by atoms with Gasteiger partial charge in [0.1, 0.15) is 0 Å². The fraction of sp³-hybridized carbons (Fsp3) is 1.00. The van der Waals surface area contributed by atoms with Gasteiger partial charge in [-0.3, -0.25) is 4.90 Å². The van der Waals surface area contributed by atoms with Crippen LogP contribution in [0.1, 0.15) is 33.1 Å². The minimum Gasteiger partial charge on any atom is -0.300 e. The van der Waals surface area contributed by atoms with Crippen molar-refractivity contribution in [3.63, 3.8) is 0 Å². The lowest BCUT2D eigenvalue weighted by molar-refractivity contribution is 0.106. The van der Waals surface area contributed by atoms with Crippen LogP contribution < -0.4 is 0 Å². The second kappa shape index (κ2) is 2.78. The molecule has 2 aliphatic heterocycles. The highest BCUT2D eigenvalue weighted by Gasteiger charge is 2.34. The molecule has 1 nitrogen and oxygen atoms in total. The average Bonchev–Trinajstić information content (AvgIpc) is 2.34. The highest BCUT2D eigenvalue weighted by atomic mass is 15.2. The predicted octanol–water partition coefficient (Wildman–Crippen LogP) is 2.13. The molecule has 0 bridgehead atoms. The second-order valence-corrected chi connectivity index (χ2v) is 4.52. The van der Waals surface area contributed by atoms with E-state index in [2.05, 4.69) is 18.7 Å². The number of hydrogen-bond acceptors (Lipinski definition) is 1. The summed E-state index contributed by atoms with van der Waals surface area (Å²) >= 11 is 0. The van der Waals surface area contributed by atoms with Crippen molar-refractivity contribution in [3.8, 4) is 0 Å². The van der Waals surface area contributed by atoms with Crippen LogP contribution in [0.15, 0.2) is 0 Å². The first-order chi connectivity index (χ1) is 5.27. The smallest absolute Gasteiger partial charge is 0.0122 e. The fourth-order valence-electron chi connectivity index (χ4n) is 2.99. The molecule has 3 unspecified atom stereocenters. The summed E-state index contributed by atoms with van der Waals surface area (Å²) in [5.74, 6) is 1.90. The van der Waals surface area contributed by atoms with Gasteiger partial charge in [0.25, 0.3) is 0 Å². The van der Waals surface area contributed by atoms with Crippen LogP contribution in [-0.2, 0) is 0 Å². The molecule has 2 heterocycles. The minimum absolute atomic E-state index is 0.944. The van der Waals surface area contributed by atoms with Crippen molar-refractivity contribution in [3.05, 3.63) is 0 Å². The van der Waals surface area contributed by atoms with Gasteiger partial charge in [0.15, 0.2) is 0 Å². The molecule has 0 saturated carbocycles. The molecular weight excluding hydrogens is 134 g/mol. The Morgan fingerprint density at radius 1 is 1.27 bits per heavy atom. The summed E-state index contributed by atoms with van der Waals surface area (Å²) in [6.07, 6.45) is 4.37. The summed E-state index contributed by atoms with van der Waals surface area (Å²) in [4.78, 5) is 2.71. The molecule has 2 saturated heterocycles. The van der Waals surface area contributed by atoms with Gasteiger partial charge >= 0.3 is 0 Å². The van der Waals surface area contributed by atoms with E-state index in [9.17, 15) is 0 Å². The van der Waals surface area contributed by atoms with Crippen LogP contribution in [0, 0.1) is 11.8 Å². The Kier molecular flexibility index (Phi) is 1.92. The van der Waals surface area contributed by atoms with E-state index in [-0.39, 0.29) is 0 Å². The molecule has 0 aromatic carbocycles. The van der Waals surface area contributed by atoms with Gasteiger partial charge in [-0.25, -0.2) is 0 Å². The maximum atomic E-state index is 2.71. The van der Waals surface area contributed by atoms with Gasteiger partial charge in [0.2, 0.25) is 0 Å². The molecular formula is C10H19N. The van der Waals surface area contributed by atoms with Crippen LogP contribution in [0.3, 0.4) is 0 Å². The molecule has 11 heavy (non-hydrogen) atoms. The molecule has 0 aromatic rings. The van der Waals surface area contributed by atoms with Gasteiger partial charge in [-0.05, 0) is 37.6 Å². The Morgan fingerprint density at radius 2 is 2.09 bits per heavy atom. The zero-order valence-corrected chi connectivity index (χ0v) is 7.71. The van der Waals surface area contributed by atoms with Crippen molar-refractivity contribution in [2.45, 2.75) is 39.2 Å². The summed E-state index contributed by atoms with van der Waals surface area (Å²) in [6, 6.07) is 0.950.